The smallest absolute Gasteiger partial charge is 0.227 e. The van der Waals surface area contributed by atoms with E-state index in [4.69, 9.17) is 19.6 Å². The van der Waals surface area contributed by atoms with E-state index in [1.807, 2.05) is 31.3 Å². The van der Waals surface area contributed by atoms with Crippen molar-refractivity contribution in [3.05, 3.63) is 41.7 Å². The number of hydrogen-bond donors (Lipinski definition) is 3. The Hall–Kier alpha value is -3.76. The lowest BCUT2D eigenvalue weighted by molar-refractivity contribution is 0.122. The zero-order valence-corrected chi connectivity index (χ0v) is 23.9. The van der Waals surface area contributed by atoms with Crippen molar-refractivity contribution < 1.29 is 14.6 Å². The second-order valence-corrected chi connectivity index (χ2v) is 12.0. The second kappa shape index (κ2) is 11.1. The Morgan fingerprint density at radius 1 is 1.17 bits per heavy atom. The number of nitriles is 1. The van der Waals surface area contributed by atoms with Crippen LogP contribution in [0, 0.1) is 23.2 Å². The minimum atomic E-state index is -0.464. The molecule has 3 atom stereocenters. The highest BCUT2D eigenvalue weighted by molar-refractivity contribution is 5.77. The van der Waals surface area contributed by atoms with Gasteiger partial charge in [-0.25, -0.2) is 14.6 Å². The van der Waals surface area contributed by atoms with Crippen LogP contribution in [0.3, 0.4) is 0 Å². The fraction of sp³-hybridized carbons (Fsp3) is 0.533. The summed E-state index contributed by atoms with van der Waals surface area (Å²) in [5, 5.41) is 31.5. The molecule has 220 valence electrons. The maximum absolute atomic E-state index is 10.1. The molecule has 3 N–H and O–H groups in total. The molecule has 0 radical (unpaired) electrons. The number of nitrogens with zero attached hydrogens (tertiary/aromatic N) is 7. The quantitative estimate of drug-likeness (QED) is 0.366. The largest absolute Gasteiger partial charge is 0.395 e. The van der Waals surface area contributed by atoms with Crippen molar-refractivity contribution in [2.45, 2.75) is 18.9 Å². The molecule has 42 heavy (non-hydrogen) atoms. The van der Waals surface area contributed by atoms with Crippen LogP contribution in [0.2, 0.25) is 0 Å². The van der Waals surface area contributed by atoms with Crippen LogP contribution in [0.25, 0.3) is 11.3 Å². The first-order valence-electron chi connectivity index (χ1n) is 14.8. The van der Waals surface area contributed by atoms with Crippen molar-refractivity contribution in [1.29, 1.82) is 5.26 Å². The number of ether oxygens (including phenoxy) is 2. The van der Waals surface area contributed by atoms with Crippen molar-refractivity contribution in [1.82, 2.24) is 24.6 Å². The normalized spacial score (nSPS) is 25.2. The van der Waals surface area contributed by atoms with Gasteiger partial charge in [0.15, 0.2) is 5.82 Å². The van der Waals surface area contributed by atoms with Gasteiger partial charge in [0.05, 0.1) is 62.7 Å². The zero-order valence-electron chi connectivity index (χ0n) is 23.9. The molecular weight excluding hydrogens is 534 g/mol. The predicted molar refractivity (Wildman–Crippen MR) is 158 cm³/mol. The first-order chi connectivity index (χ1) is 20.5. The van der Waals surface area contributed by atoms with Gasteiger partial charge in [0.1, 0.15) is 11.8 Å². The van der Waals surface area contributed by atoms with Gasteiger partial charge in [-0.05, 0) is 23.8 Å². The summed E-state index contributed by atoms with van der Waals surface area (Å²) in [6, 6.07) is 8.01. The first kappa shape index (κ1) is 27.1. The number of morpholine rings is 1. The highest BCUT2D eigenvalue weighted by atomic mass is 16.5. The SMILES string of the molecule is C[C@]1(CO)CNc2c(C#N)cc(-c3ccnc(Nc4cnn(CCN5CC6COCC6C5)c4N4CCOCC4)n3)cc21. The Balaban J connectivity index is 1.15. The van der Waals surface area contributed by atoms with Gasteiger partial charge >= 0.3 is 0 Å². The lowest BCUT2D eigenvalue weighted by Crippen LogP contribution is -2.38. The average Bonchev–Trinajstić information content (AvgIpc) is 3.80. The van der Waals surface area contributed by atoms with Gasteiger partial charge < -0.3 is 35.0 Å². The van der Waals surface area contributed by atoms with Crippen molar-refractivity contribution in [2.75, 3.05) is 87.8 Å². The molecular formula is C30H37N9O3. The molecule has 0 bridgehead atoms. The van der Waals surface area contributed by atoms with E-state index >= 15 is 0 Å². The Labute approximate surface area is 245 Å². The molecule has 2 aromatic heterocycles. The van der Waals surface area contributed by atoms with E-state index in [1.165, 1.54) is 0 Å². The van der Waals surface area contributed by atoms with Crippen LogP contribution in [0.4, 0.5) is 23.1 Å². The van der Waals surface area contributed by atoms with Crippen molar-refractivity contribution in [3.8, 4) is 17.3 Å². The molecule has 3 saturated heterocycles. The van der Waals surface area contributed by atoms with Gasteiger partial charge in [0.25, 0.3) is 0 Å². The molecule has 12 heteroatoms. The topological polar surface area (TPSA) is 137 Å². The van der Waals surface area contributed by atoms with Crippen LogP contribution in [0.1, 0.15) is 18.1 Å². The first-order valence-corrected chi connectivity index (χ1v) is 14.8. The number of likely N-dealkylation sites (tertiary alicyclic amines) is 1. The average molecular weight is 572 g/mol. The maximum Gasteiger partial charge on any atom is 0.227 e. The van der Waals surface area contributed by atoms with Gasteiger partial charge in [-0.2, -0.15) is 10.4 Å². The number of rotatable bonds is 8. The van der Waals surface area contributed by atoms with Gasteiger partial charge in [-0.1, -0.05) is 6.92 Å². The van der Waals surface area contributed by atoms with Crippen LogP contribution < -0.4 is 15.5 Å². The molecule has 0 aliphatic carbocycles. The monoisotopic (exact) mass is 571 g/mol. The third-order valence-corrected chi connectivity index (χ3v) is 9.18. The summed E-state index contributed by atoms with van der Waals surface area (Å²) >= 11 is 0. The Bertz CT molecular complexity index is 1490. The van der Waals surface area contributed by atoms with E-state index in [2.05, 4.69) is 36.2 Å². The molecule has 0 saturated carbocycles. The van der Waals surface area contributed by atoms with E-state index in [9.17, 15) is 10.4 Å². The van der Waals surface area contributed by atoms with E-state index < -0.39 is 5.41 Å². The number of aliphatic hydroxyl groups is 1. The Kier molecular flexibility index (Phi) is 7.19. The van der Waals surface area contributed by atoms with Crippen molar-refractivity contribution in [2.24, 2.45) is 11.8 Å². The highest BCUT2D eigenvalue weighted by Crippen LogP contribution is 2.41. The molecule has 4 aliphatic heterocycles. The summed E-state index contributed by atoms with van der Waals surface area (Å²) in [5.41, 5.74) is 4.15. The summed E-state index contributed by atoms with van der Waals surface area (Å²) in [6.45, 7) is 11.2. The van der Waals surface area contributed by atoms with Gasteiger partial charge in [0.2, 0.25) is 5.95 Å². The van der Waals surface area contributed by atoms with Gasteiger partial charge in [0, 0.05) is 68.3 Å². The third-order valence-electron chi connectivity index (χ3n) is 9.18. The molecule has 6 heterocycles. The number of nitrogens with one attached hydrogen (secondary N) is 2. The molecule has 3 fully saturated rings. The van der Waals surface area contributed by atoms with Crippen molar-refractivity contribution in [3.63, 3.8) is 0 Å². The third kappa shape index (κ3) is 4.96. The van der Waals surface area contributed by atoms with E-state index in [0.29, 0.717) is 48.8 Å². The molecule has 3 aromatic rings. The van der Waals surface area contributed by atoms with Crippen LogP contribution in [-0.2, 0) is 21.4 Å². The molecule has 2 unspecified atom stereocenters. The van der Waals surface area contributed by atoms with Crippen LogP contribution >= 0.6 is 0 Å². The summed E-state index contributed by atoms with van der Waals surface area (Å²) < 4.78 is 13.4. The second-order valence-electron chi connectivity index (χ2n) is 12.0. The lowest BCUT2D eigenvalue weighted by atomic mass is 9.83. The molecule has 12 nitrogen and oxygen atoms in total. The van der Waals surface area contributed by atoms with Crippen LogP contribution in [0.15, 0.2) is 30.6 Å². The summed E-state index contributed by atoms with van der Waals surface area (Å²) in [5.74, 6) is 2.79. The van der Waals surface area contributed by atoms with Crippen molar-refractivity contribution >= 4 is 23.1 Å². The molecule has 7 rings (SSSR count). The fourth-order valence-electron chi connectivity index (χ4n) is 6.71. The minimum absolute atomic E-state index is 0.0143. The Morgan fingerprint density at radius 3 is 2.74 bits per heavy atom. The molecule has 4 aliphatic rings. The Morgan fingerprint density at radius 2 is 1.98 bits per heavy atom. The number of hydrogen-bond acceptors (Lipinski definition) is 11. The van der Waals surface area contributed by atoms with Crippen LogP contribution in [0.5, 0.6) is 0 Å². The van der Waals surface area contributed by atoms with Gasteiger partial charge in [-0.3, -0.25) is 0 Å². The van der Waals surface area contributed by atoms with E-state index in [0.717, 1.165) is 80.8 Å². The number of aliphatic hydroxyl groups excluding tert-OH is 1. The summed E-state index contributed by atoms with van der Waals surface area (Å²) in [7, 11) is 0. The number of aromatic nitrogens is 4. The number of anilines is 4. The van der Waals surface area contributed by atoms with E-state index in [1.54, 1.807) is 6.20 Å². The molecule has 0 amide bonds. The number of fused-ring (bicyclic) bond motifs is 2. The van der Waals surface area contributed by atoms with E-state index in [-0.39, 0.29) is 6.61 Å². The summed E-state index contributed by atoms with van der Waals surface area (Å²) in [4.78, 5) is 14.2. The summed E-state index contributed by atoms with van der Waals surface area (Å²) in [6.07, 6.45) is 3.58. The predicted octanol–water partition coefficient (Wildman–Crippen LogP) is 2.05. The maximum atomic E-state index is 10.1. The lowest BCUT2D eigenvalue weighted by Gasteiger charge is -2.30. The number of benzene rings is 1. The van der Waals surface area contributed by atoms with Crippen LogP contribution in [-0.4, -0.2) is 102 Å². The zero-order chi connectivity index (χ0) is 28.7. The minimum Gasteiger partial charge on any atom is -0.395 e. The highest BCUT2D eigenvalue weighted by Gasteiger charge is 2.37. The van der Waals surface area contributed by atoms with Gasteiger partial charge in [-0.15, -0.1) is 0 Å². The standard InChI is InChI=1S/C30H37N9O3/c1-30(19-40)18-33-27-21(12-31)10-20(11-24(27)30)25-2-3-32-29(35-25)36-26-13-34-39(28(26)38-6-8-41-9-7-38)5-4-37-14-22-16-42-17-23(22)15-37/h2-3,10-11,13,22-23,33,40H,4-9,14-19H2,1H3,(H,32,35,36)/t22?,23?,30-/m1/s1. The fourth-order valence-corrected chi connectivity index (χ4v) is 6.71. The molecule has 0 spiro atoms. The molecule has 1 aromatic carbocycles.